The van der Waals surface area contributed by atoms with E-state index in [0.717, 1.165) is 0 Å². The van der Waals surface area contributed by atoms with Gasteiger partial charge in [-0.25, -0.2) is 0 Å². The van der Waals surface area contributed by atoms with Gasteiger partial charge in [0, 0.05) is 7.05 Å². The van der Waals surface area contributed by atoms with Crippen LogP contribution in [0.25, 0.3) is 0 Å². The molecule has 0 aliphatic carbocycles. The third-order valence-corrected chi connectivity index (χ3v) is 0.929. The van der Waals surface area contributed by atoms with Crippen LogP contribution in [0.2, 0.25) is 0 Å². The number of carbonyl (C=O) groups excluding carboxylic acids is 1. The molecule has 2 N–H and O–H groups in total. The molecular formula is C6H10N2O. The van der Waals surface area contributed by atoms with E-state index < -0.39 is 0 Å². The van der Waals surface area contributed by atoms with E-state index in [4.69, 9.17) is 12.2 Å². The van der Waals surface area contributed by atoms with Crippen molar-refractivity contribution < 1.29 is 4.79 Å². The van der Waals surface area contributed by atoms with Crippen LogP contribution in [0.4, 0.5) is 0 Å². The zero-order valence-corrected chi connectivity index (χ0v) is 5.42. The molecule has 0 bridgehead atoms. The zero-order chi connectivity index (χ0) is 7.28. The fraction of sp³-hybridized carbons (Fsp3) is 0.500. The maximum absolute atomic E-state index is 10.6. The second-order valence-electron chi connectivity index (χ2n) is 1.66. The first-order chi connectivity index (χ1) is 4.22. The molecule has 0 radical (unpaired) electrons. The van der Waals surface area contributed by atoms with Gasteiger partial charge in [-0.3, -0.25) is 4.79 Å². The van der Waals surface area contributed by atoms with Crippen molar-refractivity contribution in [3.8, 4) is 12.3 Å². The Bertz CT molecular complexity index is 136. The Labute approximate surface area is 54.8 Å². The molecule has 0 fully saturated rings. The first kappa shape index (κ1) is 7.99. The summed E-state index contributed by atoms with van der Waals surface area (Å²) in [5, 5.41) is 0. The normalized spacial score (nSPS) is 8.11. The quantitative estimate of drug-likeness (QED) is 0.484. The summed E-state index contributed by atoms with van der Waals surface area (Å²) in [6, 6.07) is 0. The van der Waals surface area contributed by atoms with Crippen LogP contribution in [0.15, 0.2) is 0 Å². The highest BCUT2D eigenvalue weighted by molar-refractivity contribution is 5.77. The lowest BCUT2D eigenvalue weighted by Crippen LogP contribution is -2.32. The summed E-state index contributed by atoms with van der Waals surface area (Å²) < 4.78 is 0. The van der Waals surface area contributed by atoms with E-state index >= 15 is 0 Å². The number of hydrogen-bond acceptors (Lipinski definition) is 2. The van der Waals surface area contributed by atoms with Crippen molar-refractivity contribution in [1.82, 2.24) is 4.90 Å². The van der Waals surface area contributed by atoms with Gasteiger partial charge in [-0.15, -0.1) is 6.42 Å². The van der Waals surface area contributed by atoms with Gasteiger partial charge in [-0.05, 0) is 0 Å². The number of carbonyl (C=O) groups is 1. The van der Waals surface area contributed by atoms with Gasteiger partial charge in [0.05, 0.1) is 13.1 Å². The molecule has 0 spiro atoms. The van der Waals surface area contributed by atoms with Crippen molar-refractivity contribution in [3.05, 3.63) is 0 Å². The van der Waals surface area contributed by atoms with Crippen LogP contribution >= 0.6 is 0 Å². The molecule has 0 unspecified atom stereocenters. The van der Waals surface area contributed by atoms with Gasteiger partial charge in [-0.2, -0.15) is 0 Å². The van der Waals surface area contributed by atoms with E-state index in [2.05, 4.69) is 5.92 Å². The minimum Gasteiger partial charge on any atom is -0.334 e. The summed E-state index contributed by atoms with van der Waals surface area (Å²) in [6.07, 6.45) is 4.94. The van der Waals surface area contributed by atoms with Crippen LogP contribution in [0.5, 0.6) is 0 Å². The Morgan fingerprint density at radius 3 is 2.78 bits per heavy atom. The summed E-state index contributed by atoms with van der Waals surface area (Å²) in [4.78, 5) is 12.0. The molecule has 0 aromatic rings. The van der Waals surface area contributed by atoms with Gasteiger partial charge in [0.1, 0.15) is 0 Å². The number of terminal acetylenes is 1. The molecular weight excluding hydrogens is 116 g/mol. The lowest BCUT2D eigenvalue weighted by atomic mass is 10.5. The molecule has 0 rings (SSSR count). The molecule has 9 heavy (non-hydrogen) atoms. The minimum absolute atomic E-state index is 0.0260. The predicted octanol–water partition coefficient (Wildman–Crippen LogP) is -0.963. The highest BCUT2D eigenvalue weighted by Gasteiger charge is 2.01. The number of hydrogen-bond donors (Lipinski definition) is 1. The third kappa shape index (κ3) is 2.73. The van der Waals surface area contributed by atoms with E-state index in [1.165, 1.54) is 4.90 Å². The summed E-state index contributed by atoms with van der Waals surface area (Å²) in [6.45, 7) is 0.355. The van der Waals surface area contributed by atoms with Crippen molar-refractivity contribution in [1.29, 1.82) is 0 Å². The number of nitrogens with two attached hydrogens (primary N) is 1. The van der Waals surface area contributed by atoms with Crippen LogP contribution in [-0.4, -0.2) is 30.9 Å². The van der Waals surface area contributed by atoms with E-state index in [1.54, 1.807) is 7.05 Å². The zero-order valence-electron chi connectivity index (χ0n) is 5.42. The largest absolute Gasteiger partial charge is 0.334 e. The fourth-order valence-corrected chi connectivity index (χ4v) is 0.381. The standard InChI is InChI=1S/C6H10N2O/c1-3-4-8(2)6(9)5-7/h1H,4-5,7H2,2H3. The van der Waals surface area contributed by atoms with Crippen LogP contribution < -0.4 is 5.73 Å². The van der Waals surface area contributed by atoms with Crippen LogP contribution in [0.3, 0.4) is 0 Å². The molecule has 50 valence electrons. The van der Waals surface area contributed by atoms with Gasteiger partial charge in [0.25, 0.3) is 0 Å². The Morgan fingerprint density at radius 2 is 2.44 bits per heavy atom. The van der Waals surface area contributed by atoms with Gasteiger partial charge in [0.15, 0.2) is 0 Å². The van der Waals surface area contributed by atoms with Crippen LogP contribution in [-0.2, 0) is 4.79 Å². The van der Waals surface area contributed by atoms with Gasteiger partial charge in [0.2, 0.25) is 5.91 Å². The van der Waals surface area contributed by atoms with Crippen LogP contribution in [0.1, 0.15) is 0 Å². The third-order valence-electron chi connectivity index (χ3n) is 0.929. The molecule has 3 heteroatoms. The first-order valence-electron chi connectivity index (χ1n) is 2.60. The number of rotatable bonds is 2. The van der Waals surface area contributed by atoms with Gasteiger partial charge in [-0.1, -0.05) is 5.92 Å². The molecule has 0 aromatic heterocycles. The summed E-state index contributed by atoms with van der Waals surface area (Å²) >= 11 is 0. The summed E-state index contributed by atoms with van der Waals surface area (Å²) in [7, 11) is 1.62. The number of amides is 1. The van der Waals surface area contributed by atoms with Crippen molar-refractivity contribution in [3.63, 3.8) is 0 Å². The summed E-state index contributed by atoms with van der Waals surface area (Å²) in [5.41, 5.74) is 5.04. The lowest BCUT2D eigenvalue weighted by molar-refractivity contribution is -0.127. The Hall–Kier alpha value is -1.01. The second-order valence-corrected chi connectivity index (χ2v) is 1.66. The Balaban J connectivity index is 3.62. The minimum atomic E-state index is -0.132. The topological polar surface area (TPSA) is 46.3 Å². The maximum Gasteiger partial charge on any atom is 0.236 e. The first-order valence-corrected chi connectivity index (χ1v) is 2.60. The molecule has 0 saturated carbocycles. The van der Waals surface area contributed by atoms with Crippen molar-refractivity contribution in [2.75, 3.05) is 20.1 Å². The van der Waals surface area contributed by atoms with Crippen molar-refractivity contribution in [2.24, 2.45) is 5.73 Å². The fourth-order valence-electron chi connectivity index (χ4n) is 0.381. The number of likely N-dealkylation sites (N-methyl/N-ethyl adjacent to an activating group) is 1. The molecule has 0 atom stereocenters. The maximum atomic E-state index is 10.6. The monoisotopic (exact) mass is 126 g/mol. The van der Waals surface area contributed by atoms with Crippen molar-refractivity contribution in [2.45, 2.75) is 0 Å². The number of nitrogens with zero attached hydrogens (tertiary/aromatic N) is 1. The van der Waals surface area contributed by atoms with E-state index in [9.17, 15) is 4.79 Å². The average Bonchev–Trinajstić information content (AvgIpc) is 1.87. The highest BCUT2D eigenvalue weighted by atomic mass is 16.2. The highest BCUT2D eigenvalue weighted by Crippen LogP contribution is 1.78. The smallest absolute Gasteiger partial charge is 0.236 e. The molecule has 0 heterocycles. The molecule has 0 aliphatic rings. The Morgan fingerprint density at radius 1 is 1.89 bits per heavy atom. The average molecular weight is 126 g/mol. The molecule has 1 amide bonds. The molecule has 0 aromatic carbocycles. The summed E-state index contributed by atoms with van der Waals surface area (Å²) in [5.74, 6) is 2.20. The molecule has 0 aliphatic heterocycles. The molecule has 0 saturated heterocycles. The predicted molar refractivity (Wildman–Crippen MR) is 35.5 cm³/mol. The SMILES string of the molecule is C#CCN(C)C(=O)CN. The van der Waals surface area contributed by atoms with E-state index in [-0.39, 0.29) is 12.5 Å². The second kappa shape index (κ2) is 3.93. The van der Waals surface area contributed by atoms with Crippen LogP contribution in [0, 0.1) is 12.3 Å². The van der Waals surface area contributed by atoms with Crippen molar-refractivity contribution >= 4 is 5.91 Å². The molecule has 3 nitrogen and oxygen atoms in total. The lowest BCUT2D eigenvalue weighted by Gasteiger charge is -2.10. The Kier molecular flexibility index (Phi) is 3.49. The van der Waals surface area contributed by atoms with Gasteiger partial charge < -0.3 is 10.6 Å². The van der Waals surface area contributed by atoms with E-state index in [0.29, 0.717) is 6.54 Å². The van der Waals surface area contributed by atoms with Gasteiger partial charge >= 0.3 is 0 Å². The van der Waals surface area contributed by atoms with E-state index in [1.807, 2.05) is 0 Å².